The molecule has 1 atom stereocenters. The summed E-state index contributed by atoms with van der Waals surface area (Å²) in [6.07, 6.45) is 1.47. The molecule has 30 heavy (non-hydrogen) atoms. The Hall–Kier alpha value is -3.36. The SMILES string of the molecule is COc1ccc(/C=C/C(=O)N2CCCC2c2nnc3c(C(F)(F)F)cccn23)cc1. The molecule has 1 aliphatic heterocycles. The van der Waals surface area contributed by atoms with Crippen molar-refractivity contribution in [3.8, 4) is 5.75 Å². The molecule has 3 heterocycles. The number of amides is 1. The van der Waals surface area contributed by atoms with Gasteiger partial charge in [0.25, 0.3) is 0 Å². The molecule has 0 aliphatic carbocycles. The summed E-state index contributed by atoms with van der Waals surface area (Å²) in [6, 6.07) is 9.10. The van der Waals surface area contributed by atoms with Crippen LogP contribution in [0.15, 0.2) is 48.7 Å². The van der Waals surface area contributed by atoms with Crippen LogP contribution >= 0.6 is 0 Å². The lowest BCUT2D eigenvalue weighted by Gasteiger charge is -2.22. The zero-order valence-corrected chi connectivity index (χ0v) is 16.1. The molecule has 2 aromatic heterocycles. The highest BCUT2D eigenvalue weighted by atomic mass is 19.4. The number of alkyl halides is 3. The molecule has 0 N–H and O–H groups in total. The van der Waals surface area contributed by atoms with Gasteiger partial charge in [0.05, 0.1) is 13.2 Å². The first-order chi connectivity index (χ1) is 14.4. The predicted molar refractivity (Wildman–Crippen MR) is 104 cm³/mol. The number of carbonyl (C=O) groups excluding carboxylic acids is 1. The van der Waals surface area contributed by atoms with Crippen LogP contribution in [0.3, 0.4) is 0 Å². The maximum atomic E-state index is 13.3. The normalized spacial score (nSPS) is 17.2. The van der Waals surface area contributed by atoms with E-state index in [0.717, 1.165) is 23.8 Å². The highest BCUT2D eigenvalue weighted by Crippen LogP contribution is 2.35. The predicted octanol–water partition coefficient (Wildman–Crippen LogP) is 4.13. The first kappa shape index (κ1) is 19.9. The molecule has 156 valence electrons. The largest absolute Gasteiger partial charge is 0.497 e. The quantitative estimate of drug-likeness (QED) is 0.600. The Bertz CT molecular complexity index is 1090. The minimum absolute atomic E-state index is 0.225. The van der Waals surface area contributed by atoms with Gasteiger partial charge in [-0.1, -0.05) is 12.1 Å². The fourth-order valence-corrected chi connectivity index (χ4v) is 3.66. The van der Waals surface area contributed by atoms with E-state index in [2.05, 4.69) is 10.2 Å². The van der Waals surface area contributed by atoms with E-state index in [4.69, 9.17) is 4.74 Å². The minimum atomic E-state index is -4.53. The third-order valence-electron chi connectivity index (χ3n) is 5.13. The van der Waals surface area contributed by atoms with E-state index >= 15 is 0 Å². The number of likely N-dealkylation sites (tertiary alicyclic amines) is 1. The molecule has 1 amide bonds. The van der Waals surface area contributed by atoms with Crippen molar-refractivity contribution >= 4 is 17.6 Å². The molecular formula is C21H19F3N4O2. The molecule has 1 saturated heterocycles. The summed E-state index contributed by atoms with van der Waals surface area (Å²) in [6.45, 7) is 0.504. The second-order valence-electron chi connectivity index (χ2n) is 6.97. The van der Waals surface area contributed by atoms with Crippen molar-refractivity contribution in [2.24, 2.45) is 0 Å². The van der Waals surface area contributed by atoms with Crippen LogP contribution in [0.2, 0.25) is 0 Å². The number of methoxy groups -OCH3 is 1. The number of pyridine rings is 1. The van der Waals surface area contributed by atoms with Crippen LogP contribution in [-0.4, -0.2) is 39.1 Å². The fourth-order valence-electron chi connectivity index (χ4n) is 3.66. The number of nitrogens with zero attached hydrogens (tertiary/aromatic N) is 4. The van der Waals surface area contributed by atoms with Gasteiger partial charge in [0, 0.05) is 18.8 Å². The Labute approximate surface area is 170 Å². The first-order valence-electron chi connectivity index (χ1n) is 9.42. The maximum absolute atomic E-state index is 13.3. The van der Waals surface area contributed by atoms with Gasteiger partial charge in [-0.2, -0.15) is 13.2 Å². The summed E-state index contributed by atoms with van der Waals surface area (Å²) in [5.41, 5.74) is -0.269. The van der Waals surface area contributed by atoms with Gasteiger partial charge in [-0.25, -0.2) is 0 Å². The van der Waals surface area contributed by atoms with Crippen molar-refractivity contribution in [1.82, 2.24) is 19.5 Å². The molecule has 0 spiro atoms. The van der Waals surface area contributed by atoms with Crippen molar-refractivity contribution in [2.75, 3.05) is 13.7 Å². The molecule has 6 nitrogen and oxygen atoms in total. The fraction of sp³-hybridized carbons (Fsp3) is 0.286. The van der Waals surface area contributed by atoms with E-state index in [1.165, 1.54) is 22.7 Å². The minimum Gasteiger partial charge on any atom is -0.497 e. The smallest absolute Gasteiger partial charge is 0.420 e. The van der Waals surface area contributed by atoms with Gasteiger partial charge >= 0.3 is 6.18 Å². The van der Waals surface area contributed by atoms with Crippen LogP contribution in [0, 0.1) is 0 Å². The molecule has 1 unspecified atom stereocenters. The third kappa shape index (κ3) is 3.74. The lowest BCUT2D eigenvalue weighted by Crippen LogP contribution is -2.30. The molecule has 1 aromatic carbocycles. The molecule has 0 bridgehead atoms. The van der Waals surface area contributed by atoms with Crippen LogP contribution in [-0.2, 0) is 11.0 Å². The summed E-state index contributed by atoms with van der Waals surface area (Å²) < 4.78 is 46.2. The van der Waals surface area contributed by atoms with Crippen LogP contribution in [0.1, 0.15) is 35.8 Å². The summed E-state index contributed by atoms with van der Waals surface area (Å²) in [5.74, 6) is 0.826. The summed E-state index contributed by atoms with van der Waals surface area (Å²) in [4.78, 5) is 14.4. The van der Waals surface area contributed by atoms with Gasteiger partial charge in [0.1, 0.15) is 11.3 Å². The average Bonchev–Trinajstić information content (AvgIpc) is 3.38. The zero-order valence-electron chi connectivity index (χ0n) is 16.1. The lowest BCUT2D eigenvalue weighted by molar-refractivity contribution is -0.136. The van der Waals surface area contributed by atoms with Gasteiger partial charge in [0.15, 0.2) is 11.5 Å². The molecule has 9 heteroatoms. The van der Waals surface area contributed by atoms with E-state index in [-0.39, 0.29) is 11.6 Å². The second kappa shape index (κ2) is 7.81. The molecule has 4 rings (SSSR count). The number of hydrogen-bond donors (Lipinski definition) is 0. The summed E-state index contributed by atoms with van der Waals surface area (Å²) in [5, 5.41) is 7.76. The van der Waals surface area contributed by atoms with Crippen LogP contribution < -0.4 is 4.74 Å². The van der Waals surface area contributed by atoms with E-state index in [9.17, 15) is 18.0 Å². The van der Waals surface area contributed by atoms with Crippen molar-refractivity contribution in [3.05, 3.63) is 65.6 Å². The van der Waals surface area contributed by atoms with Crippen molar-refractivity contribution < 1.29 is 22.7 Å². The molecule has 3 aromatic rings. The van der Waals surface area contributed by atoms with Gasteiger partial charge in [0.2, 0.25) is 5.91 Å². The Morgan fingerprint density at radius 3 is 2.67 bits per heavy atom. The molecular weight excluding hydrogens is 397 g/mol. The van der Waals surface area contributed by atoms with Crippen molar-refractivity contribution in [3.63, 3.8) is 0 Å². The maximum Gasteiger partial charge on any atom is 0.420 e. The van der Waals surface area contributed by atoms with E-state index in [1.54, 1.807) is 30.2 Å². The van der Waals surface area contributed by atoms with E-state index < -0.39 is 17.8 Å². The van der Waals surface area contributed by atoms with Gasteiger partial charge < -0.3 is 9.64 Å². The van der Waals surface area contributed by atoms with Crippen molar-refractivity contribution in [1.29, 1.82) is 0 Å². The standard InChI is InChI=1S/C21H19F3N4O2/c1-30-15-9-6-14(7-10-15)8-11-18(29)27-12-3-5-17(27)20-26-25-19-16(21(22,23)24)4-2-13-28(19)20/h2,4,6-11,13,17H,3,5,12H2,1H3/b11-8+. The van der Waals surface area contributed by atoms with E-state index in [1.807, 2.05) is 12.1 Å². The summed E-state index contributed by atoms with van der Waals surface area (Å²) >= 11 is 0. The number of carbonyl (C=O) groups is 1. The number of fused-ring (bicyclic) bond motifs is 1. The Balaban J connectivity index is 1.59. The lowest BCUT2D eigenvalue weighted by atomic mass is 10.2. The van der Waals surface area contributed by atoms with Gasteiger partial charge in [-0.3, -0.25) is 9.20 Å². The van der Waals surface area contributed by atoms with Gasteiger partial charge in [-0.15, -0.1) is 10.2 Å². The number of benzene rings is 1. The molecule has 1 aliphatic rings. The zero-order chi connectivity index (χ0) is 21.3. The Kier molecular flexibility index (Phi) is 5.19. The van der Waals surface area contributed by atoms with Crippen LogP contribution in [0.25, 0.3) is 11.7 Å². The number of rotatable bonds is 4. The van der Waals surface area contributed by atoms with Crippen molar-refractivity contribution in [2.45, 2.75) is 25.1 Å². The average molecular weight is 416 g/mol. The molecule has 0 radical (unpaired) electrons. The Morgan fingerprint density at radius 2 is 1.97 bits per heavy atom. The van der Waals surface area contributed by atoms with E-state index in [0.29, 0.717) is 18.8 Å². The number of halogens is 3. The first-order valence-corrected chi connectivity index (χ1v) is 9.42. The number of hydrogen-bond acceptors (Lipinski definition) is 4. The van der Waals surface area contributed by atoms with Crippen LogP contribution in [0.5, 0.6) is 5.75 Å². The number of aromatic nitrogens is 3. The monoisotopic (exact) mass is 416 g/mol. The van der Waals surface area contributed by atoms with Gasteiger partial charge in [-0.05, 0) is 48.7 Å². The highest BCUT2D eigenvalue weighted by molar-refractivity contribution is 5.92. The third-order valence-corrected chi connectivity index (χ3v) is 5.13. The second-order valence-corrected chi connectivity index (χ2v) is 6.97. The summed E-state index contributed by atoms with van der Waals surface area (Å²) in [7, 11) is 1.58. The Morgan fingerprint density at radius 1 is 1.20 bits per heavy atom. The highest BCUT2D eigenvalue weighted by Gasteiger charge is 2.37. The number of ether oxygens (including phenoxy) is 1. The topological polar surface area (TPSA) is 59.7 Å². The molecule has 0 saturated carbocycles. The van der Waals surface area contributed by atoms with Crippen LogP contribution in [0.4, 0.5) is 13.2 Å². The molecule has 1 fully saturated rings.